The molecule has 1 N–H and O–H groups in total. The van der Waals surface area contributed by atoms with Crippen molar-refractivity contribution in [1.29, 1.82) is 0 Å². The molecule has 0 atom stereocenters. The lowest BCUT2D eigenvalue weighted by molar-refractivity contribution is 0.374. The first-order valence-corrected chi connectivity index (χ1v) is 10.2. The van der Waals surface area contributed by atoms with Gasteiger partial charge in [0.25, 0.3) is 10.0 Å². The van der Waals surface area contributed by atoms with Crippen molar-refractivity contribution in [2.24, 2.45) is 0 Å². The molecule has 0 bridgehead atoms. The smallest absolute Gasteiger partial charge is 0.265 e. The summed E-state index contributed by atoms with van der Waals surface area (Å²) in [4.78, 5) is 7.65. The number of nitrogens with one attached hydrogen (secondary N) is 1. The number of benzene rings is 1. The fraction of sp³-hybridized carbons (Fsp3) is 0.111. The SMILES string of the molecule is COc1cc(C)ccc1Oc1ccc(NS(=O)(=O)c2ccc(Cl)nc2Cl)cn1. The Morgan fingerprint density at radius 2 is 1.82 bits per heavy atom. The van der Waals surface area contributed by atoms with Crippen molar-refractivity contribution in [2.45, 2.75) is 11.8 Å². The van der Waals surface area contributed by atoms with Crippen molar-refractivity contribution in [3.8, 4) is 17.4 Å². The van der Waals surface area contributed by atoms with Gasteiger partial charge in [-0.3, -0.25) is 4.72 Å². The summed E-state index contributed by atoms with van der Waals surface area (Å²) in [5, 5.41) is -0.127. The molecule has 1 aromatic carbocycles. The summed E-state index contributed by atoms with van der Waals surface area (Å²) in [5.41, 5.74) is 1.26. The summed E-state index contributed by atoms with van der Waals surface area (Å²) >= 11 is 11.6. The predicted octanol–water partition coefficient (Wildman–Crippen LogP) is 4.69. The molecular formula is C18H15Cl2N3O4S. The quantitative estimate of drug-likeness (QED) is 0.559. The van der Waals surface area contributed by atoms with Crippen LogP contribution >= 0.6 is 23.2 Å². The average Bonchev–Trinajstić information content (AvgIpc) is 2.64. The molecule has 3 aromatic rings. The van der Waals surface area contributed by atoms with Crippen LogP contribution in [0.5, 0.6) is 17.4 Å². The molecule has 2 heterocycles. The van der Waals surface area contributed by atoms with E-state index in [4.69, 9.17) is 32.7 Å². The van der Waals surface area contributed by atoms with E-state index in [0.717, 1.165) is 5.56 Å². The number of methoxy groups -OCH3 is 1. The number of anilines is 1. The molecule has 0 spiro atoms. The van der Waals surface area contributed by atoms with Gasteiger partial charge in [0, 0.05) is 6.07 Å². The van der Waals surface area contributed by atoms with Gasteiger partial charge in [0.1, 0.15) is 10.0 Å². The molecule has 0 aliphatic heterocycles. The molecule has 0 amide bonds. The highest BCUT2D eigenvalue weighted by atomic mass is 35.5. The van der Waals surface area contributed by atoms with Gasteiger partial charge in [-0.25, -0.2) is 18.4 Å². The second-order valence-electron chi connectivity index (χ2n) is 5.67. The van der Waals surface area contributed by atoms with Gasteiger partial charge in [0.05, 0.1) is 19.0 Å². The van der Waals surface area contributed by atoms with Gasteiger partial charge in [0.2, 0.25) is 5.88 Å². The molecule has 0 radical (unpaired) electrons. The highest BCUT2D eigenvalue weighted by Crippen LogP contribution is 2.32. The number of hydrogen-bond acceptors (Lipinski definition) is 6. The molecule has 2 aromatic heterocycles. The van der Waals surface area contributed by atoms with Crippen LogP contribution < -0.4 is 14.2 Å². The Morgan fingerprint density at radius 3 is 2.46 bits per heavy atom. The third-order valence-electron chi connectivity index (χ3n) is 3.59. The van der Waals surface area contributed by atoms with E-state index < -0.39 is 10.0 Å². The Hall–Kier alpha value is -2.55. The summed E-state index contributed by atoms with van der Waals surface area (Å²) in [6.07, 6.45) is 1.32. The highest BCUT2D eigenvalue weighted by Gasteiger charge is 2.19. The highest BCUT2D eigenvalue weighted by molar-refractivity contribution is 7.92. The number of aryl methyl sites for hydroxylation is 1. The second-order valence-corrected chi connectivity index (χ2v) is 8.07. The third kappa shape index (κ3) is 4.64. The number of sulfonamides is 1. The zero-order valence-electron chi connectivity index (χ0n) is 14.8. The van der Waals surface area contributed by atoms with Crippen LogP contribution in [-0.4, -0.2) is 25.5 Å². The first-order chi connectivity index (χ1) is 13.3. The summed E-state index contributed by atoms with van der Waals surface area (Å²) in [6, 6.07) is 11.1. The monoisotopic (exact) mass is 439 g/mol. The fourth-order valence-electron chi connectivity index (χ4n) is 2.28. The van der Waals surface area contributed by atoms with Gasteiger partial charge in [0.15, 0.2) is 16.7 Å². The van der Waals surface area contributed by atoms with Crippen molar-refractivity contribution < 1.29 is 17.9 Å². The van der Waals surface area contributed by atoms with Crippen molar-refractivity contribution in [1.82, 2.24) is 9.97 Å². The number of nitrogens with zero attached hydrogens (tertiary/aromatic N) is 2. The Bertz CT molecular complexity index is 1110. The largest absolute Gasteiger partial charge is 0.493 e. The predicted molar refractivity (Wildman–Crippen MR) is 107 cm³/mol. The molecule has 0 saturated carbocycles. The Kier molecular flexibility index (Phi) is 5.93. The summed E-state index contributed by atoms with van der Waals surface area (Å²) in [7, 11) is -2.41. The molecule has 0 saturated heterocycles. The maximum Gasteiger partial charge on any atom is 0.265 e. The van der Waals surface area contributed by atoms with Crippen LogP contribution in [-0.2, 0) is 10.0 Å². The molecule has 0 aliphatic rings. The van der Waals surface area contributed by atoms with Crippen LogP contribution in [0, 0.1) is 6.92 Å². The minimum atomic E-state index is -3.95. The minimum absolute atomic E-state index is 0.0960. The second kappa shape index (κ2) is 8.22. The van der Waals surface area contributed by atoms with E-state index in [9.17, 15) is 8.42 Å². The maximum atomic E-state index is 12.5. The molecule has 10 heteroatoms. The Labute approximate surface area is 172 Å². The zero-order valence-corrected chi connectivity index (χ0v) is 17.1. The van der Waals surface area contributed by atoms with E-state index in [1.165, 1.54) is 30.5 Å². The van der Waals surface area contributed by atoms with Crippen LogP contribution in [0.3, 0.4) is 0 Å². The first-order valence-electron chi connectivity index (χ1n) is 7.92. The lowest BCUT2D eigenvalue weighted by Gasteiger charge is -2.11. The van der Waals surface area contributed by atoms with Crippen LogP contribution in [0.25, 0.3) is 0 Å². The Morgan fingerprint density at radius 1 is 1.04 bits per heavy atom. The van der Waals surface area contributed by atoms with Gasteiger partial charge < -0.3 is 9.47 Å². The van der Waals surface area contributed by atoms with Crippen LogP contribution in [0.2, 0.25) is 10.3 Å². The van der Waals surface area contributed by atoms with Gasteiger partial charge in [-0.2, -0.15) is 0 Å². The van der Waals surface area contributed by atoms with Gasteiger partial charge in [-0.1, -0.05) is 29.3 Å². The average molecular weight is 440 g/mol. The number of ether oxygens (including phenoxy) is 2. The molecule has 146 valence electrons. The topological polar surface area (TPSA) is 90.4 Å². The summed E-state index contributed by atoms with van der Waals surface area (Å²) in [6.45, 7) is 1.94. The normalized spacial score (nSPS) is 11.1. The minimum Gasteiger partial charge on any atom is -0.493 e. The lowest BCUT2D eigenvalue weighted by Crippen LogP contribution is -2.14. The zero-order chi connectivity index (χ0) is 20.3. The van der Waals surface area contributed by atoms with E-state index in [-0.39, 0.29) is 26.8 Å². The lowest BCUT2D eigenvalue weighted by atomic mass is 10.2. The fourth-order valence-corrected chi connectivity index (χ4v) is 3.99. The molecule has 0 aliphatic carbocycles. The Balaban J connectivity index is 1.77. The maximum absolute atomic E-state index is 12.5. The molecule has 0 unspecified atom stereocenters. The number of aromatic nitrogens is 2. The number of rotatable bonds is 6. The first kappa shape index (κ1) is 20.2. The molecule has 7 nitrogen and oxygen atoms in total. The van der Waals surface area contributed by atoms with E-state index in [1.54, 1.807) is 13.2 Å². The standard InChI is InChI=1S/C18H15Cl2N3O4S/c1-11-3-5-13(14(9-11)26-2)27-17-8-4-12(10-21-17)23-28(24,25)15-6-7-16(19)22-18(15)20/h3-10,23H,1-2H3. The molecular weight excluding hydrogens is 425 g/mol. The van der Waals surface area contributed by atoms with Crippen LogP contribution in [0.1, 0.15) is 5.56 Å². The third-order valence-corrected chi connectivity index (χ3v) is 5.62. The summed E-state index contributed by atoms with van der Waals surface area (Å²) < 4.78 is 38.3. The van der Waals surface area contributed by atoms with Gasteiger partial charge >= 0.3 is 0 Å². The molecule has 0 fully saturated rings. The number of halogens is 2. The summed E-state index contributed by atoms with van der Waals surface area (Å²) in [5.74, 6) is 1.33. The van der Waals surface area contributed by atoms with Crippen LogP contribution in [0.4, 0.5) is 5.69 Å². The number of hydrogen-bond donors (Lipinski definition) is 1. The van der Waals surface area contributed by atoms with Gasteiger partial charge in [-0.05, 0) is 42.8 Å². The van der Waals surface area contributed by atoms with Crippen molar-refractivity contribution in [2.75, 3.05) is 11.8 Å². The number of pyridine rings is 2. The van der Waals surface area contributed by atoms with Crippen molar-refractivity contribution in [3.63, 3.8) is 0 Å². The van der Waals surface area contributed by atoms with Crippen molar-refractivity contribution in [3.05, 3.63) is 64.5 Å². The van der Waals surface area contributed by atoms with Crippen LogP contribution in [0.15, 0.2) is 53.6 Å². The van der Waals surface area contributed by atoms with E-state index >= 15 is 0 Å². The van der Waals surface area contributed by atoms with E-state index in [1.807, 2.05) is 19.1 Å². The van der Waals surface area contributed by atoms with E-state index in [2.05, 4.69) is 14.7 Å². The van der Waals surface area contributed by atoms with E-state index in [0.29, 0.717) is 11.5 Å². The van der Waals surface area contributed by atoms with Crippen molar-refractivity contribution >= 4 is 38.9 Å². The van der Waals surface area contributed by atoms with Gasteiger partial charge in [-0.15, -0.1) is 0 Å². The molecule has 28 heavy (non-hydrogen) atoms. The molecule has 3 rings (SSSR count).